The molecule has 8 nitrogen and oxygen atoms in total. The van der Waals surface area contributed by atoms with Crippen LogP contribution in [0.15, 0.2) is 24.3 Å². The molecule has 172 valence electrons. The molecule has 0 aliphatic heterocycles. The molecule has 0 saturated carbocycles. The summed E-state index contributed by atoms with van der Waals surface area (Å²) in [5, 5.41) is 2.97. The van der Waals surface area contributed by atoms with Gasteiger partial charge in [-0.1, -0.05) is 6.07 Å². The van der Waals surface area contributed by atoms with Gasteiger partial charge in [-0.05, 0) is 50.1 Å². The van der Waals surface area contributed by atoms with Crippen molar-refractivity contribution in [2.45, 2.75) is 20.8 Å². The molecule has 0 unspecified atom stereocenters. The lowest BCUT2D eigenvalue weighted by atomic mass is 10.1. The van der Waals surface area contributed by atoms with Crippen molar-refractivity contribution in [1.29, 1.82) is 0 Å². The number of carbonyl (C=O) groups is 3. The molecule has 2 amide bonds. The van der Waals surface area contributed by atoms with Crippen LogP contribution in [0.3, 0.4) is 0 Å². The molecule has 1 aromatic heterocycles. The van der Waals surface area contributed by atoms with Crippen LogP contribution >= 0.6 is 11.3 Å². The Balaban J connectivity index is 2.32. The van der Waals surface area contributed by atoms with E-state index in [0.29, 0.717) is 35.0 Å². The highest BCUT2D eigenvalue weighted by molar-refractivity contribution is 7.18. The number of amides is 2. The molecule has 32 heavy (non-hydrogen) atoms. The first kappa shape index (κ1) is 24.9. The van der Waals surface area contributed by atoms with Crippen LogP contribution in [0, 0.1) is 6.92 Å². The Morgan fingerprint density at radius 1 is 1.06 bits per heavy atom. The maximum atomic E-state index is 12.8. The number of ether oxygens (including phenoxy) is 3. The maximum Gasteiger partial charge on any atom is 0.341 e. The van der Waals surface area contributed by atoms with Gasteiger partial charge in [-0.25, -0.2) is 4.79 Å². The minimum absolute atomic E-state index is 0.181. The second-order valence-electron chi connectivity index (χ2n) is 6.67. The number of thiophene rings is 1. The van der Waals surface area contributed by atoms with Crippen molar-refractivity contribution in [3.05, 3.63) is 45.8 Å². The fourth-order valence-corrected chi connectivity index (χ4v) is 4.26. The summed E-state index contributed by atoms with van der Waals surface area (Å²) in [4.78, 5) is 39.8. The maximum absolute atomic E-state index is 12.8. The highest BCUT2D eigenvalue weighted by Crippen LogP contribution is 2.34. The van der Waals surface area contributed by atoms with Gasteiger partial charge in [0, 0.05) is 19.2 Å². The summed E-state index contributed by atoms with van der Waals surface area (Å²) in [5.41, 5.74) is 1.39. The van der Waals surface area contributed by atoms with Crippen LogP contribution in [0.4, 0.5) is 5.00 Å². The van der Waals surface area contributed by atoms with Crippen LogP contribution in [-0.4, -0.2) is 57.1 Å². The number of rotatable bonds is 9. The first-order valence-corrected chi connectivity index (χ1v) is 10.8. The molecule has 0 bridgehead atoms. The van der Waals surface area contributed by atoms with E-state index in [0.717, 1.165) is 16.9 Å². The molecule has 0 spiro atoms. The number of nitrogens with one attached hydrogen (secondary N) is 1. The molecule has 2 aromatic rings. The SMILES string of the molecule is CCN(CC)C(=O)c1sc(NC(=O)C=Cc2ccc(OC)c(OC)c2)c(C(=O)OC)c1C. The molecule has 1 aromatic carbocycles. The van der Waals surface area contributed by atoms with Gasteiger partial charge >= 0.3 is 5.97 Å². The summed E-state index contributed by atoms with van der Waals surface area (Å²) in [6, 6.07) is 5.25. The Kier molecular flexibility index (Phi) is 8.83. The van der Waals surface area contributed by atoms with Gasteiger partial charge in [-0.15, -0.1) is 11.3 Å². The number of hydrogen-bond acceptors (Lipinski definition) is 7. The zero-order valence-corrected chi connectivity index (χ0v) is 19.9. The lowest BCUT2D eigenvalue weighted by Gasteiger charge is -2.17. The minimum Gasteiger partial charge on any atom is -0.493 e. The molecule has 0 radical (unpaired) electrons. The fourth-order valence-electron chi connectivity index (χ4n) is 3.09. The van der Waals surface area contributed by atoms with Gasteiger partial charge in [-0.3, -0.25) is 9.59 Å². The van der Waals surface area contributed by atoms with Crippen molar-refractivity contribution in [1.82, 2.24) is 4.90 Å². The molecule has 0 atom stereocenters. The second kappa shape index (κ2) is 11.3. The van der Waals surface area contributed by atoms with Crippen LogP contribution in [-0.2, 0) is 9.53 Å². The van der Waals surface area contributed by atoms with Gasteiger partial charge in [-0.2, -0.15) is 0 Å². The summed E-state index contributed by atoms with van der Waals surface area (Å²) in [6.07, 6.45) is 2.95. The standard InChI is InChI=1S/C23H28N2O6S/c1-7-25(8-2)22(27)20-14(3)19(23(28)31-6)21(32-20)24-18(26)12-10-15-9-11-16(29-4)17(13-15)30-5/h9-13H,7-8H2,1-6H3,(H,24,26). The third-order valence-electron chi connectivity index (χ3n) is 4.85. The zero-order valence-electron chi connectivity index (χ0n) is 19.1. The number of benzene rings is 1. The lowest BCUT2D eigenvalue weighted by Crippen LogP contribution is -2.30. The number of carbonyl (C=O) groups excluding carboxylic acids is 3. The first-order valence-electron chi connectivity index (χ1n) is 10.0. The molecule has 0 aliphatic rings. The Labute approximate surface area is 191 Å². The van der Waals surface area contributed by atoms with Crippen molar-refractivity contribution in [3.63, 3.8) is 0 Å². The van der Waals surface area contributed by atoms with Crippen molar-refractivity contribution < 1.29 is 28.6 Å². The number of hydrogen-bond donors (Lipinski definition) is 1. The van der Waals surface area contributed by atoms with Crippen molar-refractivity contribution in [2.75, 3.05) is 39.7 Å². The van der Waals surface area contributed by atoms with Crippen LogP contribution in [0.2, 0.25) is 0 Å². The third-order valence-corrected chi connectivity index (χ3v) is 6.05. The summed E-state index contributed by atoms with van der Waals surface area (Å²) in [6.45, 7) is 6.51. The van der Waals surface area contributed by atoms with Crippen molar-refractivity contribution in [2.24, 2.45) is 0 Å². The van der Waals surface area contributed by atoms with E-state index >= 15 is 0 Å². The topological polar surface area (TPSA) is 94.2 Å². The number of methoxy groups -OCH3 is 3. The molecule has 1 heterocycles. The molecule has 2 rings (SSSR count). The Morgan fingerprint density at radius 3 is 2.28 bits per heavy atom. The molecule has 0 fully saturated rings. The van der Waals surface area contributed by atoms with Gasteiger partial charge in [0.05, 0.1) is 31.8 Å². The zero-order chi connectivity index (χ0) is 23.8. The predicted molar refractivity (Wildman–Crippen MR) is 125 cm³/mol. The number of anilines is 1. The van der Waals surface area contributed by atoms with Crippen LogP contribution in [0.1, 0.15) is 45.0 Å². The average molecular weight is 461 g/mol. The van der Waals surface area contributed by atoms with E-state index in [4.69, 9.17) is 14.2 Å². The predicted octanol–water partition coefficient (Wildman–Crippen LogP) is 3.99. The third kappa shape index (κ3) is 5.47. The monoisotopic (exact) mass is 460 g/mol. The van der Waals surface area contributed by atoms with Gasteiger partial charge < -0.3 is 24.4 Å². The van der Waals surface area contributed by atoms with Gasteiger partial charge in [0.15, 0.2) is 11.5 Å². The van der Waals surface area contributed by atoms with E-state index in [9.17, 15) is 14.4 Å². The van der Waals surface area contributed by atoms with Gasteiger partial charge in [0.2, 0.25) is 5.91 Å². The Hall–Kier alpha value is -3.33. The van der Waals surface area contributed by atoms with E-state index in [1.165, 1.54) is 20.3 Å². The molecule has 0 aliphatic carbocycles. The van der Waals surface area contributed by atoms with E-state index in [2.05, 4.69) is 5.32 Å². The molecular formula is C23H28N2O6S. The van der Waals surface area contributed by atoms with Crippen molar-refractivity contribution in [3.8, 4) is 11.5 Å². The van der Waals surface area contributed by atoms with Crippen LogP contribution in [0.25, 0.3) is 6.08 Å². The summed E-state index contributed by atoms with van der Waals surface area (Å²) >= 11 is 1.06. The van der Waals surface area contributed by atoms with E-state index in [-0.39, 0.29) is 16.5 Å². The van der Waals surface area contributed by atoms with E-state index < -0.39 is 11.9 Å². The van der Waals surface area contributed by atoms with Crippen LogP contribution < -0.4 is 14.8 Å². The molecule has 1 N–H and O–H groups in total. The first-order chi connectivity index (χ1) is 15.3. The highest BCUT2D eigenvalue weighted by atomic mass is 32.1. The summed E-state index contributed by atoms with van der Waals surface area (Å²) in [5.74, 6) is -0.138. The van der Waals surface area contributed by atoms with E-state index in [1.807, 2.05) is 13.8 Å². The van der Waals surface area contributed by atoms with Gasteiger partial charge in [0.25, 0.3) is 5.91 Å². The Bertz CT molecular complexity index is 1020. The molecular weight excluding hydrogens is 432 g/mol. The minimum atomic E-state index is -0.614. The summed E-state index contributed by atoms with van der Waals surface area (Å²) < 4.78 is 15.3. The second-order valence-corrected chi connectivity index (χ2v) is 7.69. The van der Waals surface area contributed by atoms with E-state index in [1.54, 1.807) is 43.2 Å². The fraction of sp³-hybridized carbons (Fsp3) is 0.348. The normalized spacial score (nSPS) is 10.7. The summed E-state index contributed by atoms with van der Waals surface area (Å²) in [7, 11) is 4.33. The van der Waals surface area contributed by atoms with Crippen molar-refractivity contribution >= 4 is 40.2 Å². The number of nitrogens with zero attached hydrogens (tertiary/aromatic N) is 1. The molecule has 9 heteroatoms. The lowest BCUT2D eigenvalue weighted by molar-refractivity contribution is -0.111. The largest absolute Gasteiger partial charge is 0.493 e. The van der Waals surface area contributed by atoms with Gasteiger partial charge in [0.1, 0.15) is 5.00 Å². The van der Waals surface area contributed by atoms with Crippen LogP contribution in [0.5, 0.6) is 11.5 Å². The quantitative estimate of drug-likeness (QED) is 0.449. The number of esters is 1. The molecule has 0 saturated heterocycles. The average Bonchev–Trinajstić information content (AvgIpc) is 3.12. The highest BCUT2D eigenvalue weighted by Gasteiger charge is 2.27. The Morgan fingerprint density at radius 2 is 1.72 bits per heavy atom. The smallest absolute Gasteiger partial charge is 0.341 e.